The fraction of sp³-hybridized carbons (Fsp3) is 0.583. The van der Waals surface area contributed by atoms with Crippen LogP contribution >= 0.6 is 11.6 Å². The van der Waals surface area contributed by atoms with E-state index in [9.17, 15) is 0 Å². The van der Waals surface area contributed by atoms with Crippen LogP contribution in [-0.4, -0.2) is 31.7 Å². The lowest BCUT2D eigenvalue weighted by Gasteiger charge is -2.20. The quantitative estimate of drug-likeness (QED) is 0.876. The highest BCUT2D eigenvalue weighted by atomic mass is 35.5. The van der Waals surface area contributed by atoms with Gasteiger partial charge in [0.1, 0.15) is 0 Å². The van der Waals surface area contributed by atoms with Crippen molar-refractivity contribution < 1.29 is 0 Å². The van der Waals surface area contributed by atoms with Crippen LogP contribution in [0.2, 0.25) is 5.02 Å². The molecule has 1 unspecified atom stereocenters. The second-order valence-electron chi connectivity index (χ2n) is 4.39. The number of aryl methyl sites for hydroxylation is 1. The van der Waals surface area contributed by atoms with E-state index in [1.165, 1.54) is 6.42 Å². The van der Waals surface area contributed by atoms with E-state index >= 15 is 0 Å². The third-order valence-corrected chi connectivity index (χ3v) is 3.63. The van der Waals surface area contributed by atoms with E-state index in [2.05, 4.69) is 15.2 Å². The predicted octanol–water partition coefficient (Wildman–Crippen LogP) is 2.09. The summed E-state index contributed by atoms with van der Waals surface area (Å²) in [6.45, 7) is 5.21. The molecule has 0 saturated carbocycles. The third kappa shape index (κ3) is 2.30. The highest BCUT2D eigenvalue weighted by molar-refractivity contribution is 6.33. The maximum atomic E-state index is 6.28. The summed E-state index contributed by atoms with van der Waals surface area (Å²) in [7, 11) is 2.01. The molecule has 2 heterocycles. The van der Waals surface area contributed by atoms with Gasteiger partial charge in [-0.2, -0.15) is 0 Å². The van der Waals surface area contributed by atoms with E-state index in [-0.39, 0.29) is 0 Å². The van der Waals surface area contributed by atoms with E-state index in [0.29, 0.717) is 0 Å². The molecule has 0 aliphatic carbocycles. The van der Waals surface area contributed by atoms with Gasteiger partial charge in [-0.05, 0) is 38.9 Å². The third-order valence-electron chi connectivity index (χ3n) is 3.16. The normalized spacial score (nSPS) is 20.4. The number of pyridine rings is 1. The summed E-state index contributed by atoms with van der Waals surface area (Å²) < 4.78 is 0. The second-order valence-corrected chi connectivity index (χ2v) is 4.77. The highest BCUT2D eigenvalue weighted by Gasteiger charge is 2.23. The van der Waals surface area contributed by atoms with E-state index in [4.69, 9.17) is 11.6 Å². The minimum Gasteiger partial charge on any atom is -0.370 e. The predicted molar refractivity (Wildman–Crippen MR) is 68.2 cm³/mol. The van der Waals surface area contributed by atoms with Crippen LogP contribution < -0.4 is 10.2 Å². The lowest BCUT2D eigenvalue weighted by atomic mass is 10.1. The summed E-state index contributed by atoms with van der Waals surface area (Å²) in [6, 6.07) is 2.01. The molecule has 2 rings (SSSR count). The zero-order valence-electron chi connectivity index (χ0n) is 9.83. The van der Waals surface area contributed by atoms with Crippen LogP contribution in [0.3, 0.4) is 0 Å². The van der Waals surface area contributed by atoms with Crippen LogP contribution in [0.4, 0.5) is 5.69 Å². The Labute approximate surface area is 102 Å². The Balaban J connectivity index is 2.11. The number of nitrogens with zero attached hydrogens (tertiary/aromatic N) is 2. The Morgan fingerprint density at radius 1 is 1.62 bits per heavy atom. The van der Waals surface area contributed by atoms with E-state index < -0.39 is 0 Å². The first-order valence-electron chi connectivity index (χ1n) is 5.73. The highest BCUT2D eigenvalue weighted by Crippen LogP contribution is 2.31. The van der Waals surface area contributed by atoms with Gasteiger partial charge in [-0.1, -0.05) is 11.6 Å². The van der Waals surface area contributed by atoms with Crippen molar-refractivity contribution in [2.75, 3.05) is 31.6 Å². The number of hydrogen-bond acceptors (Lipinski definition) is 3. The fourth-order valence-electron chi connectivity index (χ4n) is 2.29. The van der Waals surface area contributed by atoms with Gasteiger partial charge in [0.2, 0.25) is 0 Å². The molecule has 4 heteroatoms. The molecular weight excluding hydrogens is 222 g/mol. The van der Waals surface area contributed by atoms with Gasteiger partial charge in [0.05, 0.1) is 16.4 Å². The number of rotatable bonds is 3. The molecule has 1 N–H and O–H groups in total. The van der Waals surface area contributed by atoms with Gasteiger partial charge < -0.3 is 10.2 Å². The Kier molecular flexibility index (Phi) is 3.66. The van der Waals surface area contributed by atoms with Crippen LogP contribution in [0.5, 0.6) is 0 Å². The van der Waals surface area contributed by atoms with Gasteiger partial charge in [0.25, 0.3) is 0 Å². The molecule has 1 aliphatic heterocycles. The molecule has 88 valence electrons. The largest absolute Gasteiger partial charge is 0.370 e. The summed E-state index contributed by atoms with van der Waals surface area (Å²) >= 11 is 6.28. The maximum absolute atomic E-state index is 6.28. The van der Waals surface area contributed by atoms with Gasteiger partial charge in [-0.3, -0.25) is 4.98 Å². The van der Waals surface area contributed by atoms with Crippen LogP contribution in [0.1, 0.15) is 12.1 Å². The van der Waals surface area contributed by atoms with Gasteiger partial charge in [0, 0.05) is 19.3 Å². The summed E-state index contributed by atoms with van der Waals surface area (Å²) in [6.07, 6.45) is 3.07. The number of aromatic nitrogens is 1. The van der Waals surface area contributed by atoms with E-state index in [0.717, 1.165) is 42.0 Å². The maximum Gasteiger partial charge on any atom is 0.0851 e. The lowest BCUT2D eigenvalue weighted by Crippen LogP contribution is -2.24. The standard InChI is InChI=1S/C12H18ClN3/c1-9-12(13)11(3-5-15-9)16-6-4-10(8-16)7-14-2/h3,5,10,14H,4,6-8H2,1-2H3. The first-order chi connectivity index (χ1) is 7.72. The van der Waals surface area contributed by atoms with Crippen molar-refractivity contribution in [2.45, 2.75) is 13.3 Å². The molecule has 16 heavy (non-hydrogen) atoms. The van der Waals surface area contributed by atoms with Crippen molar-refractivity contribution in [1.29, 1.82) is 0 Å². The fourth-order valence-corrected chi connectivity index (χ4v) is 2.52. The first kappa shape index (κ1) is 11.7. The second kappa shape index (κ2) is 5.02. The summed E-state index contributed by atoms with van der Waals surface area (Å²) in [5, 5.41) is 4.03. The lowest BCUT2D eigenvalue weighted by molar-refractivity contribution is 0.549. The Bertz CT molecular complexity index is 367. The molecular formula is C12H18ClN3. The van der Waals surface area contributed by atoms with Gasteiger partial charge in [-0.15, -0.1) is 0 Å². The molecule has 0 spiro atoms. The molecule has 1 aromatic rings. The minimum atomic E-state index is 0.731. The smallest absolute Gasteiger partial charge is 0.0851 e. The average Bonchev–Trinajstić information content (AvgIpc) is 2.71. The van der Waals surface area contributed by atoms with Crippen LogP contribution in [0, 0.1) is 12.8 Å². The topological polar surface area (TPSA) is 28.2 Å². The van der Waals surface area contributed by atoms with E-state index in [1.54, 1.807) is 0 Å². The Morgan fingerprint density at radius 3 is 3.19 bits per heavy atom. The number of halogens is 1. The van der Waals surface area contributed by atoms with Gasteiger partial charge >= 0.3 is 0 Å². The van der Waals surface area contributed by atoms with Crippen molar-refractivity contribution in [3.8, 4) is 0 Å². The molecule has 1 saturated heterocycles. The SMILES string of the molecule is CNCC1CCN(c2ccnc(C)c2Cl)C1. The zero-order valence-corrected chi connectivity index (χ0v) is 10.6. The molecule has 0 amide bonds. The van der Waals surface area contributed by atoms with Gasteiger partial charge in [0.15, 0.2) is 0 Å². The molecule has 1 fully saturated rings. The summed E-state index contributed by atoms with van der Waals surface area (Å²) in [4.78, 5) is 6.56. The number of hydrogen-bond donors (Lipinski definition) is 1. The van der Waals surface area contributed by atoms with Gasteiger partial charge in [-0.25, -0.2) is 0 Å². The van der Waals surface area contributed by atoms with Crippen LogP contribution in [0.25, 0.3) is 0 Å². The van der Waals surface area contributed by atoms with Crippen molar-refractivity contribution in [2.24, 2.45) is 5.92 Å². The molecule has 1 aromatic heterocycles. The van der Waals surface area contributed by atoms with Crippen LogP contribution in [-0.2, 0) is 0 Å². The summed E-state index contributed by atoms with van der Waals surface area (Å²) in [5.74, 6) is 0.731. The zero-order chi connectivity index (χ0) is 11.5. The Morgan fingerprint density at radius 2 is 2.44 bits per heavy atom. The Hall–Kier alpha value is -0.800. The van der Waals surface area contributed by atoms with Crippen molar-refractivity contribution in [3.63, 3.8) is 0 Å². The monoisotopic (exact) mass is 239 g/mol. The average molecular weight is 240 g/mol. The molecule has 3 nitrogen and oxygen atoms in total. The van der Waals surface area contributed by atoms with Crippen molar-refractivity contribution in [1.82, 2.24) is 10.3 Å². The molecule has 0 radical (unpaired) electrons. The number of anilines is 1. The molecule has 1 aliphatic rings. The molecule has 0 bridgehead atoms. The first-order valence-corrected chi connectivity index (χ1v) is 6.11. The molecule has 0 aromatic carbocycles. The van der Waals surface area contributed by atoms with E-state index in [1.807, 2.05) is 26.2 Å². The molecule has 1 atom stereocenters. The number of nitrogens with one attached hydrogen (secondary N) is 1. The van der Waals surface area contributed by atoms with Crippen LogP contribution in [0.15, 0.2) is 12.3 Å². The summed E-state index contributed by atoms with van der Waals surface area (Å²) in [5.41, 5.74) is 2.05. The van der Waals surface area contributed by atoms with Crippen molar-refractivity contribution >= 4 is 17.3 Å². The van der Waals surface area contributed by atoms with Crippen molar-refractivity contribution in [3.05, 3.63) is 23.0 Å². The minimum absolute atomic E-state index is 0.731.